The zero-order chi connectivity index (χ0) is 13.1. The van der Waals surface area contributed by atoms with Crippen LogP contribution in [0.2, 0.25) is 0 Å². The minimum absolute atomic E-state index is 0.688. The van der Waals surface area contributed by atoms with E-state index in [0.717, 1.165) is 0 Å². The molecule has 0 aliphatic carbocycles. The zero-order valence-corrected chi connectivity index (χ0v) is 12.8. The van der Waals surface area contributed by atoms with Crippen LogP contribution >= 0.6 is 22.7 Å². The summed E-state index contributed by atoms with van der Waals surface area (Å²) < 4.78 is 0. The molecule has 0 bridgehead atoms. The second-order valence-corrected chi connectivity index (χ2v) is 6.83. The van der Waals surface area contributed by atoms with Crippen LogP contribution in [0.5, 0.6) is 0 Å². The van der Waals surface area contributed by atoms with Gasteiger partial charge in [0.2, 0.25) is 0 Å². The van der Waals surface area contributed by atoms with Gasteiger partial charge in [-0.1, -0.05) is 6.08 Å². The minimum Gasteiger partial charge on any atom is -0.306 e. The predicted molar refractivity (Wildman–Crippen MR) is 85.9 cm³/mol. The van der Waals surface area contributed by atoms with Gasteiger partial charge in [-0.05, 0) is 82.7 Å². The van der Waals surface area contributed by atoms with Gasteiger partial charge in [-0.3, -0.25) is 0 Å². The molecule has 0 saturated carbocycles. The first-order chi connectivity index (χ1) is 9.33. The maximum atomic E-state index is 2.50. The molecule has 1 atom stereocenters. The first-order valence-corrected chi connectivity index (χ1v) is 8.67. The van der Waals surface area contributed by atoms with Crippen LogP contribution < -0.4 is 0 Å². The second kappa shape index (κ2) is 6.04. The molecular formula is C16H19NS2. The lowest BCUT2D eigenvalue weighted by molar-refractivity contribution is 0.238. The molecule has 2 aromatic heterocycles. The number of rotatable bonds is 3. The number of nitrogens with zero attached hydrogens (tertiary/aromatic N) is 1. The third kappa shape index (κ3) is 3.16. The van der Waals surface area contributed by atoms with Gasteiger partial charge in [-0.25, -0.2) is 0 Å². The highest BCUT2D eigenvalue weighted by Crippen LogP contribution is 2.30. The summed E-state index contributed by atoms with van der Waals surface area (Å²) in [6.07, 6.45) is 5.14. The Morgan fingerprint density at radius 2 is 1.89 bits per heavy atom. The van der Waals surface area contributed by atoms with E-state index >= 15 is 0 Å². The van der Waals surface area contributed by atoms with Crippen molar-refractivity contribution in [2.45, 2.75) is 12.8 Å². The molecule has 0 N–H and O–H groups in total. The lowest BCUT2D eigenvalue weighted by Gasteiger charge is -2.28. The van der Waals surface area contributed by atoms with Crippen LogP contribution in [-0.2, 0) is 0 Å². The van der Waals surface area contributed by atoms with Crippen molar-refractivity contribution < 1.29 is 0 Å². The standard InChI is InChI=1S/C16H19NS2/c1-17-6-2-3-13(10-17)9-16(14-4-7-18-11-14)15-5-8-19-12-15/h4-5,7-9,11-13H,2-3,6,10H2,1H3. The molecule has 2 aromatic rings. The number of thiophene rings is 2. The predicted octanol–water partition coefficient (Wildman–Crippen LogP) is 4.58. The molecule has 100 valence electrons. The fraction of sp³-hybridized carbons (Fsp3) is 0.375. The largest absolute Gasteiger partial charge is 0.306 e. The average Bonchev–Trinajstić information content (AvgIpc) is 3.10. The Balaban J connectivity index is 1.91. The molecule has 1 aliphatic rings. The summed E-state index contributed by atoms with van der Waals surface area (Å²) in [6, 6.07) is 4.47. The zero-order valence-electron chi connectivity index (χ0n) is 11.2. The minimum atomic E-state index is 0.688. The average molecular weight is 289 g/mol. The molecule has 1 aliphatic heterocycles. The second-order valence-electron chi connectivity index (χ2n) is 5.27. The van der Waals surface area contributed by atoms with E-state index < -0.39 is 0 Å². The summed E-state index contributed by atoms with van der Waals surface area (Å²) in [5.41, 5.74) is 4.16. The monoisotopic (exact) mass is 289 g/mol. The lowest BCUT2D eigenvalue weighted by Crippen LogP contribution is -2.31. The molecule has 3 heteroatoms. The molecule has 19 heavy (non-hydrogen) atoms. The normalized spacial score (nSPS) is 20.4. The van der Waals surface area contributed by atoms with Gasteiger partial charge in [0.05, 0.1) is 0 Å². The van der Waals surface area contributed by atoms with Gasteiger partial charge in [-0.2, -0.15) is 22.7 Å². The molecule has 0 spiro atoms. The molecule has 3 heterocycles. The molecular weight excluding hydrogens is 270 g/mol. The summed E-state index contributed by atoms with van der Waals surface area (Å²) in [5, 5.41) is 8.86. The van der Waals surface area contributed by atoms with Gasteiger partial charge in [0.15, 0.2) is 0 Å². The smallest absolute Gasteiger partial charge is 0.00416 e. The van der Waals surface area contributed by atoms with Crippen molar-refractivity contribution in [1.29, 1.82) is 0 Å². The summed E-state index contributed by atoms with van der Waals surface area (Å²) in [5.74, 6) is 0.688. The summed E-state index contributed by atoms with van der Waals surface area (Å²) >= 11 is 3.56. The highest BCUT2D eigenvalue weighted by atomic mass is 32.1. The van der Waals surface area contributed by atoms with E-state index in [2.05, 4.69) is 51.7 Å². The number of piperidine rings is 1. The summed E-state index contributed by atoms with van der Waals surface area (Å²) in [4.78, 5) is 2.45. The van der Waals surface area contributed by atoms with Crippen LogP contribution in [0.25, 0.3) is 5.57 Å². The molecule has 1 fully saturated rings. The van der Waals surface area contributed by atoms with Crippen molar-refractivity contribution in [3.63, 3.8) is 0 Å². The van der Waals surface area contributed by atoms with Gasteiger partial charge in [0, 0.05) is 6.54 Å². The first kappa shape index (κ1) is 13.1. The fourth-order valence-electron chi connectivity index (χ4n) is 2.77. The van der Waals surface area contributed by atoms with Crippen LogP contribution in [0, 0.1) is 5.92 Å². The van der Waals surface area contributed by atoms with Crippen LogP contribution in [0.4, 0.5) is 0 Å². The Morgan fingerprint density at radius 3 is 2.42 bits per heavy atom. The molecule has 0 radical (unpaired) electrons. The van der Waals surface area contributed by atoms with E-state index in [-0.39, 0.29) is 0 Å². The Labute approximate surface area is 123 Å². The van der Waals surface area contributed by atoms with Crippen molar-refractivity contribution in [2.24, 2.45) is 5.92 Å². The first-order valence-electron chi connectivity index (χ1n) is 6.78. The highest BCUT2D eigenvalue weighted by molar-refractivity contribution is 7.08. The molecule has 0 amide bonds. The van der Waals surface area contributed by atoms with Crippen molar-refractivity contribution in [3.8, 4) is 0 Å². The Kier molecular flexibility index (Phi) is 4.16. The topological polar surface area (TPSA) is 3.24 Å². The lowest BCUT2D eigenvalue weighted by atomic mass is 9.92. The van der Waals surface area contributed by atoms with Gasteiger partial charge in [-0.15, -0.1) is 0 Å². The maximum absolute atomic E-state index is 2.50. The van der Waals surface area contributed by atoms with E-state index in [1.807, 2.05) is 0 Å². The van der Waals surface area contributed by atoms with Gasteiger partial charge in [0.1, 0.15) is 0 Å². The van der Waals surface area contributed by atoms with Gasteiger partial charge < -0.3 is 4.90 Å². The van der Waals surface area contributed by atoms with E-state index in [1.165, 1.54) is 42.6 Å². The summed E-state index contributed by atoms with van der Waals surface area (Å²) in [7, 11) is 2.23. The number of hydrogen-bond acceptors (Lipinski definition) is 3. The summed E-state index contributed by atoms with van der Waals surface area (Å²) in [6.45, 7) is 2.44. The van der Waals surface area contributed by atoms with E-state index in [4.69, 9.17) is 0 Å². The van der Waals surface area contributed by atoms with Gasteiger partial charge >= 0.3 is 0 Å². The fourth-order valence-corrected chi connectivity index (χ4v) is 4.08. The van der Waals surface area contributed by atoms with E-state index in [1.54, 1.807) is 22.7 Å². The van der Waals surface area contributed by atoms with E-state index in [9.17, 15) is 0 Å². The van der Waals surface area contributed by atoms with Crippen LogP contribution in [0.1, 0.15) is 24.0 Å². The van der Waals surface area contributed by atoms with Gasteiger partial charge in [0.25, 0.3) is 0 Å². The number of likely N-dealkylation sites (tertiary alicyclic amines) is 1. The quantitative estimate of drug-likeness (QED) is 0.799. The van der Waals surface area contributed by atoms with Crippen LogP contribution in [-0.4, -0.2) is 25.0 Å². The molecule has 1 nitrogen and oxygen atoms in total. The molecule has 1 saturated heterocycles. The van der Waals surface area contributed by atoms with E-state index in [0.29, 0.717) is 5.92 Å². The van der Waals surface area contributed by atoms with Crippen LogP contribution in [0.15, 0.2) is 39.7 Å². The maximum Gasteiger partial charge on any atom is 0.00416 e. The number of hydrogen-bond donors (Lipinski definition) is 0. The third-order valence-corrected chi connectivity index (χ3v) is 5.09. The molecule has 1 unspecified atom stereocenters. The Hall–Kier alpha value is -0.900. The van der Waals surface area contributed by atoms with Crippen LogP contribution in [0.3, 0.4) is 0 Å². The Morgan fingerprint density at radius 1 is 1.21 bits per heavy atom. The highest BCUT2D eigenvalue weighted by Gasteiger charge is 2.17. The molecule has 0 aromatic carbocycles. The SMILES string of the molecule is CN1CCCC(C=C(c2ccsc2)c2ccsc2)C1. The van der Waals surface area contributed by atoms with Crippen molar-refractivity contribution in [1.82, 2.24) is 4.90 Å². The third-order valence-electron chi connectivity index (χ3n) is 3.73. The Bertz CT molecular complexity index is 489. The molecule has 3 rings (SSSR count). The van der Waals surface area contributed by atoms with Crippen molar-refractivity contribution in [2.75, 3.05) is 20.1 Å². The van der Waals surface area contributed by atoms with Crippen molar-refractivity contribution in [3.05, 3.63) is 50.9 Å². The van der Waals surface area contributed by atoms with Crippen molar-refractivity contribution >= 4 is 28.2 Å².